The monoisotopic (exact) mass is 303 g/mol. The molecule has 0 saturated carbocycles. The molecule has 3 rings (SSSR count). The highest BCUT2D eigenvalue weighted by molar-refractivity contribution is 6.30. The van der Waals surface area contributed by atoms with Crippen LogP contribution in [0.2, 0.25) is 5.02 Å². The second-order valence-electron chi connectivity index (χ2n) is 4.71. The summed E-state index contributed by atoms with van der Waals surface area (Å²) in [5, 5.41) is 19.9. The molecule has 8 heteroatoms. The van der Waals surface area contributed by atoms with Crippen molar-refractivity contribution >= 4 is 11.6 Å². The van der Waals surface area contributed by atoms with Crippen molar-refractivity contribution in [2.45, 2.75) is 25.9 Å². The minimum Gasteiger partial charge on any atom is -0.252 e. The molecule has 7 nitrogen and oxygen atoms in total. The van der Waals surface area contributed by atoms with Crippen LogP contribution in [0.4, 0.5) is 0 Å². The summed E-state index contributed by atoms with van der Waals surface area (Å²) in [7, 11) is 0. The molecule has 2 aromatic heterocycles. The van der Waals surface area contributed by atoms with E-state index in [-0.39, 0.29) is 0 Å². The molecule has 0 atom stereocenters. The van der Waals surface area contributed by atoms with Gasteiger partial charge in [0.1, 0.15) is 12.0 Å². The fourth-order valence-corrected chi connectivity index (χ4v) is 2.16. The molecule has 0 N–H and O–H groups in total. The molecule has 3 aromatic rings. The molecule has 108 valence electrons. The van der Waals surface area contributed by atoms with E-state index < -0.39 is 0 Å². The molecule has 0 aliphatic carbocycles. The van der Waals surface area contributed by atoms with E-state index in [2.05, 4.69) is 25.8 Å². The van der Waals surface area contributed by atoms with E-state index in [0.717, 1.165) is 30.1 Å². The zero-order chi connectivity index (χ0) is 14.5. The van der Waals surface area contributed by atoms with Gasteiger partial charge in [0.2, 0.25) is 0 Å². The van der Waals surface area contributed by atoms with Gasteiger partial charge in [0.15, 0.2) is 0 Å². The Bertz CT molecular complexity index is 675. The van der Waals surface area contributed by atoms with E-state index in [1.165, 1.54) is 5.56 Å². The minimum atomic E-state index is 0.532. The number of benzene rings is 1. The van der Waals surface area contributed by atoms with Crippen molar-refractivity contribution in [3.05, 3.63) is 53.1 Å². The summed E-state index contributed by atoms with van der Waals surface area (Å²) in [5.41, 5.74) is 2.11. The first-order chi connectivity index (χ1) is 10.3. The normalized spacial score (nSPS) is 10.9. The third-order valence-corrected chi connectivity index (χ3v) is 3.32. The summed E-state index contributed by atoms with van der Waals surface area (Å²) in [5.74, 6) is 0. The van der Waals surface area contributed by atoms with Crippen molar-refractivity contribution in [3.8, 4) is 0 Å². The fraction of sp³-hybridized carbons (Fsp3) is 0.308. The first-order valence-electron chi connectivity index (χ1n) is 6.64. The molecule has 2 heterocycles. The van der Waals surface area contributed by atoms with Gasteiger partial charge in [0.25, 0.3) is 0 Å². The fourth-order valence-electron chi connectivity index (χ4n) is 2.04. The largest absolute Gasteiger partial charge is 0.252 e. The Hall–Kier alpha value is -2.28. The van der Waals surface area contributed by atoms with Crippen LogP contribution in [0, 0.1) is 0 Å². The summed E-state index contributed by atoms with van der Waals surface area (Å²) in [6.07, 6.45) is 5.46. The molecule has 0 amide bonds. The number of nitrogens with zero attached hydrogens (tertiary/aromatic N) is 7. The van der Waals surface area contributed by atoms with Crippen molar-refractivity contribution < 1.29 is 0 Å². The highest BCUT2D eigenvalue weighted by atomic mass is 35.5. The predicted octanol–water partition coefficient (Wildman–Crippen LogP) is 1.60. The van der Waals surface area contributed by atoms with Gasteiger partial charge in [-0.3, -0.25) is 4.68 Å². The highest BCUT2D eigenvalue weighted by Gasteiger charge is 2.03. The van der Waals surface area contributed by atoms with E-state index in [0.29, 0.717) is 6.54 Å². The van der Waals surface area contributed by atoms with Crippen LogP contribution in [-0.4, -0.2) is 35.2 Å². The third kappa shape index (κ3) is 3.85. The third-order valence-electron chi connectivity index (χ3n) is 3.07. The van der Waals surface area contributed by atoms with Crippen LogP contribution in [0.15, 0.2) is 36.8 Å². The van der Waals surface area contributed by atoms with Gasteiger partial charge in [-0.25, -0.2) is 4.68 Å². The Morgan fingerprint density at radius 2 is 1.90 bits per heavy atom. The SMILES string of the molecule is Clc1ccc(CCCn2cc(Cn3cnnn3)nn2)cc1. The van der Waals surface area contributed by atoms with E-state index in [9.17, 15) is 0 Å². The molecule has 0 unspecified atom stereocenters. The van der Waals surface area contributed by atoms with Crippen molar-refractivity contribution in [2.24, 2.45) is 0 Å². The van der Waals surface area contributed by atoms with Gasteiger partial charge in [-0.1, -0.05) is 28.9 Å². The second-order valence-corrected chi connectivity index (χ2v) is 5.15. The quantitative estimate of drug-likeness (QED) is 0.691. The molecule has 0 aliphatic heterocycles. The lowest BCUT2D eigenvalue weighted by atomic mass is 10.1. The van der Waals surface area contributed by atoms with Crippen molar-refractivity contribution in [1.29, 1.82) is 0 Å². The van der Waals surface area contributed by atoms with E-state index in [1.807, 2.05) is 35.1 Å². The van der Waals surface area contributed by atoms with E-state index in [1.54, 1.807) is 11.0 Å². The Balaban J connectivity index is 1.49. The lowest BCUT2D eigenvalue weighted by Crippen LogP contribution is -2.01. The maximum Gasteiger partial charge on any atom is 0.138 e. The molecular weight excluding hydrogens is 290 g/mol. The van der Waals surface area contributed by atoms with Crippen molar-refractivity contribution in [1.82, 2.24) is 35.2 Å². The van der Waals surface area contributed by atoms with Gasteiger partial charge >= 0.3 is 0 Å². The Labute approximate surface area is 126 Å². The summed E-state index contributed by atoms with van der Waals surface area (Å²) in [6, 6.07) is 7.92. The molecule has 21 heavy (non-hydrogen) atoms. The highest BCUT2D eigenvalue weighted by Crippen LogP contribution is 2.11. The van der Waals surface area contributed by atoms with E-state index in [4.69, 9.17) is 11.6 Å². The molecule has 0 bridgehead atoms. The lowest BCUT2D eigenvalue weighted by Gasteiger charge is -2.01. The molecule has 0 saturated heterocycles. The van der Waals surface area contributed by atoms with Gasteiger partial charge in [-0.15, -0.1) is 10.2 Å². The molecule has 0 spiro atoms. The lowest BCUT2D eigenvalue weighted by molar-refractivity contribution is 0.558. The van der Waals surface area contributed by atoms with Crippen LogP contribution < -0.4 is 0 Å². The zero-order valence-electron chi connectivity index (χ0n) is 11.3. The zero-order valence-corrected chi connectivity index (χ0v) is 12.1. The predicted molar refractivity (Wildman–Crippen MR) is 76.7 cm³/mol. The van der Waals surface area contributed by atoms with Crippen molar-refractivity contribution in [3.63, 3.8) is 0 Å². The average Bonchev–Trinajstić information content (AvgIpc) is 3.14. The molecule has 0 radical (unpaired) electrons. The van der Waals surface area contributed by atoms with Crippen LogP contribution in [0.3, 0.4) is 0 Å². The Morgan fingerprint density at radius 1 is 1.05 bits per heavy atom. The number of hydrogen-bond acceptors (Lipinski definition) is 5. The number of halogens is 1. The number of rotatable bonds is 6. The number of hydrogen-bond donors (Lipinski definition) is 0. The van der Waals surface area contributed by atoms with Crippen LogP contribution in [0.25, 0.3) is 0 Å². The first-order valence-corrected chi connectivity index (χ1v) is 7.01. The maximum atomic E-state index is 5.86. The minimum absolute atomic E-state index is 0.532. The van der Waals surface area contributed by atoms with Gasteiger partial charge in [-0.05, 0) is 41.0 Å². The van der Waals surface area contributed by atoms with Crippen LogP contribution in [-0.2, 0) is 19.5 Å². The first kappa shape index (κ1) is 13.7. The summed E-state index contributed by atoms with van der Waals surface area (Å²) in [6.45, 7) is 1.36. The smallest absolute Gasteiger partial charge is 0.138 e. The molecule has 0 fully saturated rings. The Morgan fingerprint density at radius 3 is 2.67 bits per heavy atom. The Kier molecular flexibility index (Phi) is 4.20. The summed E-state index contributed by atoms with van der Waals surface area (Å²) in [4.78, 5) is 0. The van der Waals surface area contributed by atoms with Gasteiger partial charge in [0.05, 0.1) is 12.7 Å². The topological polar surface area (TPSA) is 74.3 Å². The number of aromatic nitrogens is 7. The average molecular weight is 304 g/mol. The van der Waals surface area contributed by atoms with E-state index >= 15 is 0 Å². The maximum absolute atomic E-state index is 5.86. The van der Waals surface area contributed by atoms with Gasteiger partial charge in [-0.2, -0.15) is 0 Å². The molecular formula is C13H14ClN7. The van der Waals surface area contributed by atoms with Gasteiger partial charge in [0, 0.05) is 11.6 Å². The standard InChI is InChI=1S/C13H14ClN7/c14-12-5-3-11(4-6-12)2-1-7-20-8-13(16-18-20)9-21-10-15-17-19-21/h3-6,8,10H,1-2,7,9H2. The summed E-state index contributed by atoms with van der Waals surface area (Å²) >= 11 is 5.86. The van der Waals surface area contributed by atoms with Crippen LogP contribution in [0.1, 0.15) is 17.7 Å². The second kappa shape index (κ2) is 6.45. The summed E-state index contributed by atoms with van der Waals surface area (Å²) < 4.78 is 3.46. The molecule has 1 aromatic carbocycles. The molecule has 0 aliphatic rings. The van der Waals surface area contributed by atoms with Crippen LogP contribution >= 0.6 is 11.6 Å². The van der Waals surface area contributed by atoms with Crippen molar-refractivity contribution in [2.75, 3.05) is 0 Å². The van der Waals surface area contributed by atoms with Gasteiger partial charge < -0.3 is 0 Å². The van der Waals surface area contributed by atoms with Crippen LogP contribution in [0.5, 0.6) is 0 Å². The number of tetrazole rings is 1. The number of aryl methyl sites for hydroxylation is 2.